The molecule has 0 aromatic rings. The number of carboxylic acid groups (broad SMARTS) is 2. The summed E-state index contributed by atoms with van der Waals surface area (Å²) in [4.78, 5) is 126. The molecule has 2 N–H and O–H groups in total. The molecule has 0 radical (unpaired) electrons. The van der Waals surface area contributed by atoms with E-state index in [1.165, 1.54) is 28.4 Å². The van der Waals surface area contributed by atoms with Crippen LogP contribution in [0.15, 0.2) is 0 Å². The van der Waals surface area contributed by atoms with E-state index in [-0.39, 0.29) is 153 Å². The molecule has 0 aliphatic rings. The zero-order chi connectivity index (χ0) is 100. The minimum absolute atomic E-state index is 0.00565. The first-order chi connectivity index (χ1) is 58.8. The highest BCUT2D eigenvalue weighted by Crippen LogP contribution is 2.05. The van der Waals surface area contributed by atoms with Gasteiger partial charge in [0.15, 0.2) is 0 Å². The van der Waals surface area contributed by atoms with Crippen LogP contribution >= 0.6 is 0 Å². The maximum atomic E-state index is 10.9. The number of aliphatic carboxylic acids is 2. The third kappa shape index (κ3) is 191. The number of methoxy groups -OCH3 is 4. The Hall–Kier alpha value is -6.44. The molecule has 0 aliphatic carbocycles. The Labute approximate surface area is 761 Å². The smallest absolute Gasteiger partial charge is 0.332 e. The number of unbranched alkanes of at least 4 members (excludes halogenated alkanes) is 3. The fraction of sp³-hybridized carbons (Fsp3) is 0.870. The van der Waals surface area contributed by atoms with E-state index in [2.05, 4.69) is 23.7 Å². The lowest BCUT2D eigenvalue weighted by molar-refractivity contribution is -0.150. The van der Waals surface area contributed by atoms with E-state index in [0.29, 0.717) is 124 Å². The molecule has 34 nitrogen and oxygen atoms in total. The van der Waals surface area contributed by atoms with Gasteiger partial charge in [-0.2, -0.15) is 0 Å². The Morgan fingerprint density at radius 1 is 0.198 bits per heavy atom. The third-order valence-corrected chi connectivity index (χ3v) is 12.9. The zero-order valence-corrected chi connectivity index (χ0v) is 84.9. The van der Waals surface area contributed by atoms with Gasteiger partial charge in [-0.15, -0.1) is 0 Å². The second-order valence-electron chi connectivity index (χ2n) is 30.0. The quantitative estimate of drug-likeness (QED) is 0.0324. The molecule has 0 spiro atoms. The fourth-order valence-electron chi connectivity index (χ4n) is 7.00. The number of Topliss-reactive ketones (excluding diaryl/α,β-unsaturated/α-hetero) is 2. The normalized spacial score (nSPS) is 10.2. The van der Waals surface area contributed by atoms with Crippen molar-refractivity contribution in [2.24, 2.45) is 0 Å². The van der Waals surface area contributed by atoms with Crippen molar-refractivity contribution in [3.05, 3.63) is 0 Å². The van der Waals surface area contributed by atoms with Crippen molar-refractivity contribution in [3.8, 4) is 0 Å². The summed E-state index contributed by atoms with van der Waals surface area (Å²) in [6, 6.07) is 0. The maximum absolute atomic E-state index is 10.9. The lowest BCUT2D eigenvalue weighted by atomic mass is 10.2. The molecule has 0 saturated heterocycles. The second-order valence-corrected chi connectivity index (χ2v) is 30.0. The molecule has 0 bridgehead atoms. The zero-order valence-electron chi connectivity index (χ0n) is 84.9. The molecule has 0 unspecified atom stereocenters. The summed E-state index contributed by atoms with van der Waals surface area (Å²) in [6.45, 7) is 64.0. The Kier molecular flexibility index (Phi) is 132. The first-order valence-corrected chi connectivity index (χ1v) is 44.5. The van der Waals surface area contributed by atoms with Crippen molar-refractivity contribution < 1.29 is 162 Å². The van der Waals surface area contributed by atoms with Gasteiger partial charge in [-0.25, -0.2) is 14.4 Å². The summed E-state index contributed by atoms with van der Waals surface area (Å²) in [6.07, 6.45) is 14.2. The van der Waals surface area contributed by atoms with E-state index in [1.807, 2.05) is 166 Å². The topological polar surface area (TPSA) is 430 Å². The van der Waals surface area contributed by atoms with Crippen LogP contribution in [0.5, 0.6) is 0 Å². The molecule has 0 aromatic heterocycles. The molecule has 34 heteroatoms. The van der Waals surface area contributed by atoms with Crippen LogP contribution in [-0.4, -0.2) is 289 Å². The molecular formula is C92H184O34. The highest BCUT2D eigenvalue weighted by atomic mass is 16.6. The number of ketones is 2. The highest BCUT2D eigenvalue weighted by molar-refractivity contribution is 5.76. The summed E-state index contributed by atoms with van der Waals surface area (Å²) >= 11 is 0. The molecule has 0 aliphatic heterocycles. The average Bonchev–Trinajstić information content (AvgIpc) is 1.05. The summed E-state index contributed by atoms with van der Waals surface area (Å²) in [5.41, 5.74) is 0. The van der Waals surface area contributed by atoms with Crippen LogP contribution < -0.4 is 0 Å². The fourth-order valence-corrected chi connectivity index (χ4v) is 7.00. The number of rotatable bonds is 58. The van der Waals surface area contributed by atoms with Crippen LogP contribution in [-0.2, 0) is 152 Å². The SMILES string of the molecule is CC(=O)CCCCOC(C)C.CC(=O)CCCOC(C)C.CC(C)OCC(=O)O.CC(C)OCCC(=O)O.CCOC(=O)CCCCOC(C)C.CCOC(=O)CCCOC(C)C.CCOC(=O)CCOC(C)C.CCOC(=O)COC(C)C.COC(=O)CCCCOC(C)C.COC(=O)CCCOC(C)C.COC(=O)CCOC(C)C.COC(=O)COC(C)C. The van der Waals surface area contributed by atoms with Crippen LogP contribution in [0, 0.1) is 0 Å². The third-order valence-electron chi connectivity index (χ3n) is 12.9. The highest BCUT2D eigenvalue weighted by Gasteiger charge is 2.09. The lowest BCUT2D eigenvalue weighted by Gasteiger charge is -2.06. The van der Waals surface area contributed by atoms with Crippen molar-refractivity contribution in [2.45, 2.75) is 397 Å². The summed E-state index contributed by atoms with van der Waals surface area (Å²) in [5.74, 6) is -2.79. The summed E-state index contributed by atoms with van der Waals surface area (Å²) in [7, 11) is 5.52. The van der Waals surface area contributed by atoms with Gasteiger partial charge >= 0.3 is 59.7 Å². The van der Waals surface area contributed by atoms with E-state index in [0.717, 1.165) is 77.6 Å². The molecular weight excluding hydrogens is 1650 g/mol. The van der Waals surface area contributed by atoms with E-state index < -0.39 is 11.9 Å². The van der Waals surface area contributed by atoms with Crippen LogP contribution in [0.25, 0.3) is 0 Å². The van der Waals surface area contributed by atoms with Crippen molar-refractivity contribution in [1.82, 2.24) is 0 Å². The molecule has 0 heterocycles. The molecule has 0 aromatic carbocycles. The van der Waals surface area contributed by atoms with Crippen molar-refractivity contribution >= 4 is 71.3 Å². The number of esters is 8. The van der Waals surface area contributed by atoms with E-state index in [4.69, 9.17) is 81.3 Å². The lowest BCUT2D eigenvalue weighted by Crippen LogP contribution is -2.15. The molecule has 0 atom stereocenters. The predicted octanol–water partition coefficient (Wildman–Crippen LogP) is 16.3. The Balaban J connectivity index is -0.000000113. The van der Waals surface area contributed by atoms with Crippen molar-refractivity contribution in [3.63, 3.8) is 0 Å². The Bertz CT molecular complexity index is 2410. The van der Waals surface area contributed by atoms with Gasteiger partial charge in [0.2, 0.25) is 0 Å². The number of carbonyl (C=O) groups excluding carboxylic acids is 10. The van der Waals surface area contributed by atoms with Crippen LogP contribution in [0.1, 0.15) is 323 Å². The summed E-state index contributed by atoms with van der Waals surface area (Å²) < 4.78 is 98.1. The first-order valence-electron chi connectivity index (χ1n) is 44.5. The van der Waals surface area contributed by atoms with Crippen LogP contribution in [0.3, 0.4) is 0 Å². The number of carbonyl (C=O) groups is 12. The monoisotopic (exact) mass is 1830 g/mol. The van der Waals surface area contributed by atoms with E-state index in [9.17, 15) is 57.5 Å². The number of hydrogen-bond donors (Lipinski definition) is 2. The first kappa shape index (κ1) is 145. The molecule has 126 heavy (non-hydrogen) atoms. The van der Waals surface area contributed by atoms with Gasteiger partial charge in [0.25, 0.3) is 0 Å². The standard InChI is InChI=1S/C10H20O3.2C9H18O3.C9H18O2.2C8H16O3.C8H16O2.2C7H14O3.2C6H12O3.C5H10O3/c1-4-12-10(11)7-5-6-8-13-9(2)3;1-8(2)12-7-5-4-6-9(10)11-3;1-4-11-9(10)6-5-7-12-8(2)3;1-8(2)11-7-5-4-6-9(3)10;1-7(2)11-6-4-5-8(9)10-3;1-4-10-8(9)5-6-11-7(2)3;1-7(2)10-6-4-5-8(3)9;1-6(2)10-5-4-7(8)9-3;1-4-9-7(8)5-10-6(2)3;1-5(2)9-4-6(7)8-3;1-5(2)9-4-3-6(7)8;1-4(2)8-3-5(6)7/h9H,4-8H2,1-3H3;2*8H,4-7H2,1-3H3;8H,4-7H2,1-3H3;2*7H,4-6H2,1-3H3;7H,4-6H2,1-3H3;2*6H,4-5H2,1-3H3;5H,4H2,1-3H3;5H,3-4H2,1-2H3,(H,7,8);4H,3H2,1-2H3,(H,6,7). The number of hydrogen-bond acceptors (Lipinski definition) is 32. The largest absolute Gasteiger partial charge is 0.481 e. The summed E-state index contributed by atoms with van der Waals surface area (Å²) in [5, 5.41) is 16.2. The number of ether oxygens (including phenoxy) is 20. The Morgan fingerprint density at radius 3 is 0.643 bits per heavy atom. The predicted molar refractivity (Wildman–Crippen MR) is 487 cm³/mol. The average molecular weight is 1830 g/mol. The van der Waals surface area contributed by atoms with Gasteiger partial charge in [0.1, 0.15) is 31.4 Å². The van der Waals surface area contributed by atoms with Gasteiger partial charge in [-0.1, -0.05) is 0 Å². The van der Waals surface area contributed by atoms with Gasteiger partial charge in [0.05, 0.1) is 167 Å². The van der Waals surface area contributed by atoms with Gasteiger partial charge in [-0.05, 0) is 265 Å². The molecule has 0 amide bonds. The van der Waals surface area contributed by atoms with Gasteiger partial charge in [0, 0.05) is 78.2 Å². The number of carboxylic acids is 2. The van der Waals surface area contributed by atoms with E-state index in [1.54, 1.807) is 41.5 Å². The van der Waals surface area contributed by atoms with Crippen LogP contribution in [0.4, 0.5) is 0 Å². The molecule has 756 valence electrons. The Morgan fingerprint density at radius 2 is 0.389 bits per heavy atom. The van der Waals surface area contributed by atoms with Crippen LogP contribution in [0.2, 0.25) is 0 Å². The molecule has 0 fully saturated rings. The van der Waals surface area contributed by atoms with Gasteiger partial charge in [-0.3, -0.25) is 33.6 Å². The van der Waals surface area contributed by atoms with Crippen molar-refractivity contribution in [2.75, 3.05) is 134 Å². The minimum atomic E-state index is -0.918. The van der Waals surface area contributed by atoms with E-state index >= 15 is 0 Å². The molecule has 0 rings (SSSR count). The minimum Gasteiger partial charge on any atom is -0.481 e. The maximum Gasteiger partial charge on any atom is 0.332 e. The van der Waals surface area contributed by atoms with Crippen molar-refractivity contribution in [1.29, 1.82) is 0 Å². The second kappa shape index (κ2) is 115. The van der Waals surface area contributed by atoms with Gasteiger partial charge < -0.3 is 115 Å². The molecule has 0 saturated carbocycles.